The van der Waals surface area contributed by atoms with E-state index in [-0.39, 0.29) is 0 Å². The van der Waals surface area contributed by atoms with Gasteiger partial charge in [0.15, 0.2) is 5.65 Å². The molecule has 1 unspecified atom stereocenters. The van der Waals surface area contributed by atoms with Gasteiger partial charge in [-0.25, -0.2) is 9.97 Å². The van der Waals surface area contributed by atoms with Crippen molar-refractivity contribution in [3.8, 4) is 0 Å². The highest BCUT2D eigenvalue weighted by atomic mass is 16.5. The molecule has 6 nitrogen and oxygen atoms in total. The van der Waals surface area contributed by atoms with E-state index in [0.717, 1.165) is 68.1 Å². The summed E-state index contributed by atoms with van der Waals surface area (Å²) in [4.78, 5) is 11.7. The Bertz CT molecular complexity index is 639. The van der Waals surface area contributed by atoms with Crippen molar-refractivity contribution in [3.05, 3.63) is 12.0 Å². The maximum absolute atomic E-state index is 5.95. The van der Waals surface area contributed by atoms with Crippen LogP contribution in [-0.2, 0) is 18.2 Å². The minimum Gasteiger partial charge on any atom is -0.376 e. The summed E-state index contributed by atoms with van der Waals surface area (Å²) >= 11 is 0. The van der Waals surface area contributed by atoms with Gasteiger partial charge >= 0.3 is 0 Å². The van der Waals surface area contributed by atoms with Crippen LogP contribution in [0.1, 0.15) is 38.9 Å². The molecule has 0 radical (unpaired) electrons. The van der Waals surface area contributed by atoms with E-state index in [1.54, 1.807) is 0 Å². The van der Waals surface area contributed by atoms with Gasteiger partial charge in [0.25, 0.3) is 0 Å². The van der Waals surface area contributed by atoms with Gasteiger partial charge in [-0.2, -0.15) is 5.10 Å². The van der Waals surface area contributed by atoms with Crippen LogP contribution < -0.4 is 4.90 Å². The van der Waals surface area contributed by atoms with Crippen LogP contribution in [0.15, 0.2) is 6.20 Å². The maximum atomic E-state index is 5.95. The second-order valence-electron chi connectivity index (χ2n) is 5.90. The van der Waals surface area contributed by atoms with Crippen LogP contribution in [0.3, 0.4) is 0 Å². The van der Waals surface area contributed by atoms with Gasteiger partial charge in [0.1, 0.15) is 11.6 Å². The second kappa shape index (κ2) is 6.60. The van der Waals surface area contributed by atoms with Crippen molar-refractivity contribution < 1.29 is 4.74 Å². The lowest BCUT2D eigenvalue weighted by Gasteiger charge is -2.33. The molecule has 2 aromatic heterocycles. The summed E-state index contributed by atoms with van der Waals surface area (Å²) < 4.78 is 7.78. The standard InChI is InChI=1S/C16H25N5O/c1-4-9-22-12-7-6-8-21(11-12)16-13-10-17-20(3)15(13)18-14(5-2)19-16/h10,12H,4-9,11H2,1-3H3. The Morgan fingerprint density at radius 1 is 1.32 bits per heavy atom. The van der Waals surface area contributed by atoms with Gasteiger partial charge in [-0.3, -0.25) is 4.68 Å². The molecule has 6 heteroatoms. The van der Waals surface area contributed by atoms with Crippen LogP contribution >= 0.6 is 0 Å². The third-order valence-corrected chi connectivity index (χ3v) is 4.17. The molecular weight excluding hydrogens is 278 g/mol. The number of hydrogen-bond donors (Lipinski definition) is 0. The number of aryl methyl sites for hydroxylation is 2. The molecule has 1 fully saturated rings. The number of nitrogens with zero attached hydrogens (tertiary/aromatic N) is 5. The van der Waals surface area contributed by atoms with Crippen molar-refractivity contribution in [1.82, 2.24) is 19.7 Å². The van der Waals surface area contributed by atoms with Crippen molar-refractivity contribution in [3.63, 3.8) is 0 Å². The van der Waals surface area contributed by atoms with Gasteiger partial charge in [0.2, 0.25) is 0 Å². The molecule has 0 N–H and O–H groups in total. The SMILES string of the molecule is CCCOC1CCCN(c2nc(CC)nc3c2cnn3C)C1. The summed E-state index contributed by atoms with van der Waals surface area (Å²) in [6.45, 7) is 7.01. The summed E-state index contributed by atoms with van der Waals surface area (Å²) in [6, 6.07) is 0. The number of aromatic nitrogens is 4. The zero-order valence-electron chi connectivity index (χ0n) is 13.7. The molecule has 22 heavy (non-hydrogen) atoms. The lowest BCUT2D eigenvalue weighted by molar-refractivity contribution is 0.0439. The van der Waals surface area contributed by atoms with Gasteiger partial charge < -0.3 is 9.64 Å². The van der Waals surface area contributed by atoms with Crippen LogP contribution in [-0.4, -0.2) is 45.5 Å². The van der Waals surface area contributed by atoms with Gasteiger partial charge in [0, 0.05) is 33.2 Å². The van der Waals surface area contributed by atoms with Gasteiger partial charge in [0.05, 0.1) is 17.7 Å². The predicted octanol–water partition coefficient (Wildman–Crippen LogP) is 2.32. The molecule has 0 aromatic carbocycles. The van der Waals surface area contributed by atoms with E-state index in [2.05, 4.69) is 28.8 Å². The fourth-order valence-electron chi connectivity index (χ4n) is 3.00. The zero-order valence-corrected chi connectivity index (χ0v) is 13.7. The summed E-state index contributed by atoms with van der Waals surface area (Å²) in [5, 5.41) is 5.39. The second-order valence-corrected chi connectivity index (χ2v) is 5.90. The molecule has 0 saturated carbocycles. The number of piperidine rings is 1. The van der Waals surface area contributed by atoms with Gasteiger partial charge in [-0.1, -0.05) is 13.8 Å². The Morgan fingerprint density at radius 2 is 2.18 bits per heavy atom. The van der Waals surface area contributed by atoms with Crippen LogP contribution in [0.2, 0.25) is 0 Å². The van der Waals surface area contributed by atoms with Crippen LogP contribution in [0.5, 0.6) is 0 Å². The van der Waals surface area contributed by atoms with E-state index in [1.165, 1.54) is 0 Å². The normalized spacial score (nSPS) is 19.0. The molecule has 120 valence electrons. The predicted molar refractivity (Wildman–Crippen MR) is 87.2 cm³/mol. The number of rotatable bonds is 5. The summed E-state index contributed by atoms with van der Waals surface area (Å²) in [7, 11) is 1.93. The fourth-order valence-corrected chi connectivity index (χ4v) is 3.00. The minimum absolute atomic E-state index is 0.306. The van der Waals surface area contributed by atoms with Crippen molar-refractivity contribution >= 4 is 16.9 Å². The molecule has 3 rings (SSSR count). The van der Waals surface area contributed by atoms with Crippen molar-refractivity contribution in [2.24, 2.45) is 7.05 Å². The van der Waals surface area contributed by atoms with Crippen LogP contribution in [0.25, 0.3) is 11.0 Å². The Balaban J connectivity index is 1.91. The van der Waals surface area contributed by atoms with E-state index in [0.29, 0.717) is 6.10 Å². The largest absolute Gasteiger partial charge is 0.376 e. The van der Waals surface area contributed by atoms with Crippen LogP contribution in [0, 0.1) is 0 Å². The first kappa shape index (κ1) is 15.2. The van der Waals surface area contributed by atoms with E-state index in [9.17, 15) is 0 Å². The highest BCUT2D eigenvalue weighted by Crippen LogP contribution is 2.27. The molecule has 0 aliphatic carbocycles. The molecule has 0 bridgehead atoms. The molecule has 0 amide bonds. The molecule has 3 heterocycles. The number of fused-ring (bicyclic) bond motifs is 1. The molecule has 1 atom stereocenters. The fraction of sp³-hybridized carbons (Fsp3) is 0.688. The Labute approximate surface area is 131 Å². The van der Waals surface area contributed by atoms with Crippen LogP contribution in [0.4, 0.5) is 5.82 Å². The number of hydrogen-bond acceptors (Lipinski definition) is 5. The summed E-state index contributed by atoms with van der Waals surface area (Å²) in [6.07, 6.45) is 6.36. The molecule has 2 aromatic rings. The molecule has 1 saturated heterocycles. The third-order valence-electron chi connectivity index (χ3n) is 4.17. The first-order valence-electron chi connectivity index (χ1n) is 8.28. The van der Waals surface area contributed by atoms with Crippen molar-refractivity contribution in [1.29, 1.82) is 0 Å². The summed E-state index contributed by atoms with van der Waals surface area (Å²) in [5.74, 6) is 1.89. The third kappa shape index (κ3) is 2.92. The monoisotopic (exact) mass is 303 g/mol. The number of ether oxygens (including phenoxy) is 1. The quantitative estimate of drug-likeness (QED) is 0.848. The zero-order chi connectivity index (χ0) is 15.5. The lowest BCUT2D eigenvalue weighted by atomic mass is 10.1. The Morgan fingerprint density at radius 3 is 2.95 bits per heavy atom. The topological polar surface area (TPSA) is 56.1 Å². The van der Waals surface area contributed by atoms with Gasteiger partial charge in [-0.05, 0) is 19.3 Å². The first-order chi connectivity index (χ1) is 10.7. The van der Waals surface area contributed by atoms with Crippen molar-refractivity contribution in [2.75, 3.05) is 24.6 Å². The smallest absolute Gasteiger partial charge is 0.163 e. The first-order valence-corrected chi connectivity index (χ1v) is 8.28. The van der Waals surface area contributed by atoms with E-state index in [4.69, 9.17) is 9.72 Å². The highest BCUT2D eigenvalue weighted by Gasteiger charge is 2.24. The molecular formula is C16H25N5O. The lowest BCUT2D eigenvalue weighted by Crippen LogP contribution is -2.40. The average molecular weight is 303 g/mol. The van der Waals surface area contributed by atoms with Crippen molar-refractivity contribution in [2.45, 2.75) is 45.6 Å². The van der Waals surface area contributed by atoms with E-state index >= 15 is 0 Å². The van der Waals surface area contributed by atoms with E-state index in [1.807, 2.05) is 17.9 Å². The highest BCUT2D eigenvalue weighted by molar-refractivity contribution is 5.87. The van der Waals surface area contributed by atoms with Gasteiger partial charge in [-0.15, -0.1) is 0 Å². The number of anilines is 1. The summed E-state index contributed by atoms with van der Waals surface area (Å²) in [5.41, 5.74) is 0.915. The molecule has 0 spiro atoms. The van der Waals surface area contributed by atoms with E-state index < -0.39 is 0 Å². The molecule has 1 aliphatic heterocycles. The molecule has 1 aliphatic rings. The maximum Gasteiger partial charge on any atom is 0.163 e. The minimum atomic E-state index is 0.306. The Hall–Kier alpha value is -1.69. The average Bonchev–Trinajstić information content (AvgIpc) is 2.93. The Kier molecular flexibility index (Phi) is 4.57.